The van der Waals surface area contributed by atoms with E-state index < -0.39 is 18.3 Å². The number of benzene rings is 1. The van der Waals surface area contributed by atoms with Crippen molar-refractivity contribution in [2.75, 3.05) is 33.3 Å². The number of piperazine rings is 1. The van der Waals surface area contributed by atoms with Crippen LogP contribution in [0.2, 0.25) is 0 Å². The van der Waals surface area contributed by atoms with Crippen LogP contribution in [0, 0.1) is 0 Å². The fourth-order valence-corrected chi connectivity index (χ4v) is 5.13. The molecule has 0 aliphatic carbocycles. The standard InChI is InChI=1S/C27H40N6O5/c1-5-16-38-27(37)28-15-11-14-22-25(35)31(21(6-2)7-3)18-23-32(22)24(34)19-30(4)33(23)26(36)29-17-20-12-9-8-10-13-20/h5,8-10,12-13,21-23H,1,6-7,11,14-19H2,2-4H3,(H,28,37)(H,29,36)/t22-,23-/m0/s1. The predicted octanol–water partition coefficient (Wildman–Crippen LogP) is 2.31. The summed E-state index contributed by atoms with van der Waals surface area (Å²) in [4.78, 5) is 55.6. The van der Waals surface area contributed by atoms with E-state index in [0.29, 0.717) is 25.9 Å². The van der Waals surface area contributed by atoms with Gasteiger partial charge in [0, 0.05) is 26.2 Å². The Bertz CT molecular complexity index is 985. The molecule has 0 spiro atoms. The van der Waals surface area contributed by atoms with Crippen LogP contribution < -0.4 is 10.6 Å². The zero-order valence-corrected chi connectivity index (χ0v) is 22.6. The Morgan fingerprint density at radius 3 is 2.53 bits per heavy atom. The number of hydrogen-bond donors (Lipinski definition) is 2. The number of hydrogen-bond acceptors (Lipinski definition) is 6. The summed E-state index contributed by atoms with van der Waals surface area (Å²) in [6.45, 7) is 8.54. The average Bonchev–Trinajstić information content (AvgIpc) is 2.91. The van der Waals surface area contributed by atoms with Gasteiger partial charge in [-0.25, -0.2) is 19.6 Å². The van der Waals surface area contributed by atoms with Gasteiger partial charge < -0.3 is 25.2 Å². The van der Waals surface area contributed by atoms with Crippen molar-refractivity contribution in [1.29, 1.82) is 0 Å². The minimum Gasteiger partial charge on any atom is -0.445 e. The second kappa shape index (κ2) is 13.8. The first kappa shape index (κ1) is 29.0. The maximum atomic E-state index is 13.7. The topological polar surface area (TPSA) is 115 Å². The van der Waals surface area contributed by atoms with Gasteiger partial charge in [-0.05, 0) is 31.2 Å². The molecule has 208 valence electrons. The van der Waals surface area contributed by atoms with E-state index in [-0.39, 0.29) is 43.6 Å². The Morgan fingerprint density at radius 2 is 1.87 bits per heavy atom. The SMILES string of the molecule is C=CCOC(=O)NCCC[C@H]1C(=O)N(C(CC)CC)C[C@H]2N1C(=O)CN(C)N2C(=O)NCc1ccccc1. The summed E-state index contributed by atoms with van der Waals surface area (Å²) in [6.07, 6.45) is 2.63. The quantitative estimate of drug-likeness (QED) is 0.337. The van der Waals surface area contributed by atoms with Gasteiger partial charge >= 0.3 is 12.1 Å². The molecule has 1 aromatic rings. The molecule has 0 saturated carbocycles. The van der Waals surface area contributed by atoms with Gasteiger partial charge in [-0.2, -0.15) is 0 Å². The van der Waals surface area contributed by atoms with E-state index in [1.807, 2.05) is 49.1 Å². The van der Waals surface area contributed by atoms with Crippen molar-refractivity contribution in [2.45, 2.75) is 64.3 Å². The number of nitrogens with one attached hydrogen (secondary N) is 2. The number of fused-ring (bicyclic) bond motifs is 1. The Kier molecular flexibility index (Phi) is 10.5. The van der Waals surface area contributed by atoms with E-state index in [1.165, 1.54) is 6.08 Å². The molecule has 2 aliphatic heterocycles. The molecule has 2 saturated heterocycles. The van der Waals surface area contributed by atoms with Crippen molar-refractivity contribution in [1.82, 2.24) is 30.5 Å². The Labute approximate surface area is 224 Å². The van der Waals surface area contributed by atoms with Gasteiger partial charge in [0.25, 0.3) is 0 Å². The number of ether oxygens (including phenoxy) is 1. The van der Waals surface area contributed by atoms with Crippen LogP contribution in [-0.4, -0.2) is 95.3 Å². The highest BCUT2D eigenvalue weighted by Gasteiger charge is 2.51. The number of nitrogens with zero attached hydrogens (tertiary/aromatic N) is 4. The van der Waals surface area contributed by atoms with Crippen LogP contribution in [0.25, 0.3) is 0 Å². The first-order valence-electron chi connectivity index (χ1n) is 13.3. The summed E-state index contributed by atoms with van der Waals surface area (Å²) < 4.78 is 4.93. The Balaban J connectivity index is 1.79. The molecule has 11 heteroatoms. The van der Waals surface area contributed by atoms with Gasteiger partial charge in [-0.15, -0.1) is 0 Å². The number of carbonyl (C=O) groups excluding carboxylic acids is 4. The van der Waals surface area contributed by atoms with Crippen LogP contribution in [0.4, 0.5) is 9.59 Å². The second-order valence-corrected chi connectivity index (χ2v) is 9.52. The van der Waals surface area contributed by atoms with Crippen LogP contribution in [0.3, 0.4) is 0 Å². The van der Waals surface area contributed by atoms with Gasteiger partial charge in [0.1, 0.15) is 18.8 Å². The van der Waals surface area contributed by atoms with E-state index in [0.717, 1.165) is 18.4 Å². The zero-order chi connectivity index (χ0) is 27.7. The fraction of sp³-hybridized carbons (Fsp3) is 0.556. The van der Waals surface area contributed by atoms with E-state index in [1.54, 1.807) is 22.0 Å². The number of likely N-dealkylation sites (N-methyl/N-ethyl adjacent to an activating group) is 1. The molecule has 2 N–H and O–H groups in total. The van der Waals surface area contributed by atoms with Gasteiger partial charge in [0.05, 0.1) is 13.1 Å². The smallest absolute Gasteiger partial charge is 0.407 e. The van der Waals surface area contributed by atoms with Crippen LogP contribution in [-0.2, 0) is 20.9 Å². The molecule has 5 amide bonds. The highest BCUT2D eigenvalue weighted by Crippen LogP contribution is 2.30. The van der Waals surface area contributed by atoms with Crippen molar-refractivity contribution in [3.05, 3.63) is 48.6 Å². The van der Waals surface area contributed by atoms with Gasteiger partial charge in [0.15, 0.2) is 0 Å². The molecule has 0 bridgehead atoms. The molecule has 1 aromatic carbocycles. The van der Waals surface area contributed by atoms with E-state index in [4.69, 9.17) is 4.74 Å². The number of amides is 5. The number of rotatable bonds is 11. The summed E-state index contributed by atoms with van der Waals surface area (Å²) >= 11 is 0. The molecule has 2 fully saturated rings. The largest absolute Gasteiger partial charge is 0.445 e. The molecular formula is C27H40N6O5. The van der Waals surface area contributed by atoms with Crippen molar-refractivity contribution in [3.63, 3.8) is 0 Å². The van der Waals surface area contributed by atoms with Crippen LogP contribution in [0.5, 0.6) is 0 Å². The molecule has 11 nitrogen and oxygen atoms in total. The molecule has 38 heavy (non-hydrogen) atoms. The lowest BCUT2D eigenvalue weighted by Crippen LogP contribution is -2.76. The monoisotopic (exact) mass is 528 g/mol. The molecule has 2 heterocycles. The van der Waals surface area contributed by atoms with Gasteiger partial charge in [-0.1, -0.05) is 56.8 Å². The number of carbonyl (C=O) groups is 4. The second-order valence-electron chi connectivity index (χ2n) is 9.52. The molecule has 0 radical (unpaired) electrons. The summed E-state index contributed by atoms with van der Waals surface area (Å²) in [5.74, 6) is -0.322. The lowest BCUT2D eigenvalue weighted by molar-refractivity contribution is -0.189. The van der Waals surface area contributed by atoms with E-state index in [9.17, 15) is 19.2 Å². The summed E-state index contributed by atoms with van der Waals surface area (Å²) in [5.41, 5.74) is 0.961. The Hall–Kier alpha value is -3.60. The van der Waals surface area contributed by atoms with Gasteiger partial charge in [-0.3, -0.25) is 9.59 Å². The first-order chi connectivity index (χ1) is 18.3. The normalized spacial score (nSPS) is 19.8. The maximum absolute atomic E-state index is 13.7. The number of hydrazine groups is 1. The third-order valence-electron chi connectivity index (χ3n) is 7.02. The third kappa shape index (κ3) is 6.83. The molecule has 3 rings (SSSR count). The van der Waals surface area contributed by atoms with Crippen molar-refractivity contribution in [2.24, 2.45) is 0 Å². The maximum Gasteiger partial charge on any atom is 0.407 e. The van der Waals surface area contributed by atoms with Crippen molar-refractivity contribution < 1.29 is 23.9 Å². The molecule has 2 atom stereocenters. The predicted molar refractivity (Wildman–Crippen MR) is 142 cm³/mol. The minimum atomic E-state index is -0.731. The minimum absolute atomic E-state index is 0.00396. The van der Waals surface area contributed by atoms with Crippen molar-refractivity contribution >= 4 is 23.9 Å². The van der Waals surface area contributed by atoms with Crippen LogP contribution in [0.15, 0.2) is 43.0 Å². The van der Waals surface area contributed by atoms with Crippen LogP contribution >= 0.6 is 0 Å². The fourth-order valence-electron chi connectivity index (χ4n) is 5.13. The van der Waals surface area contributed by atoms with Gasteiger partial charge in [0.2, 0.25) is 11.8 Å². The number of alkyl carbamates (subject to hydrolysis) is 1. The van der Waals surface area contributed by atoms with Crippen LogP contribution in [0.1, 0.15) is 45.1 Å². The lowest BCUT2D eigenvalue weighted by Gasteiger charge is -2.55. The summed E-state index contributed by atoms with van der Waals surface area (Å²) in [7, 11) is 1.71. The summed E-state index contributed by atoms with van der Waals surface area (Å²) in [6, 6.07) is 8.54. The number of urea groups is 1. The van der Waals surface area contributed by atoms with E-state index in [2.05, 4.69) is 17.2 Å². The molecular weight excluding hydrogens is 488 g/mol. The first-order valence-corrected chi connectivity index (χ1v) is 13.3. The average molecular weight is 529 g/mol. The third-order valence-corrected chi connectivity index (χ3v) is 7.02. The highest BCUT2D eigenvalue weighted by atomic mass is 16.5. The molecule has 2 aliphatic rings. The van der Waals surface area contributed by atoms with E-state index >= 15 is 0 Å². The zero-order valence-electron chi connectivity index (χ0n) is 22.6. The highest BCUT2D eigenvalue weighted by molar-refractivity contribution is 5.91. The summed E-state index contributed by atoms with van der Waals surface area (Å²) in [5, 5.41) is 8.80. The Morgan fingerprint density at radius 1 is 1.16 bits per heavy atom. The lowest BCUT2D eigenvalue weighted by atomic mass is 9.98. The van der Waals surface area contributed by atoms with Crippen molar-refractivity contribution in [3.8, 4) is 0 Å². The molecule has 0 aromatic heterocycles. The molecule has 0 unspecified atom stereocenters.